The van der Waals surface area contributed by atoms with Crippen LogP contribution < -0.4 is 5.32 Å². The lowest BCUT2D eigenvalue weighted by molar-refractivity contribution is -0.121. The van der Waals surface area contributed by atoms with Gasteiger partial charge < -0.3 is 15.0 Å². The third-order valence-electron chi connectivity index (χ3n) is 3.56. The molecule has 106 valence electrons. The van der Waals surface area contributed by atoms with E-state index < -0.39 is 5.97 Å². The second kappa shape index (κ2) is 5.36. The highest BCUT2D eigenvalue weighted by Gasteiger charge is 2.15. The predicted octanol–water partition coefficient (Wildman–Crippen LogP) is 2.09. The van der Waals surface area contributed by atoms with Crippen LogP contribution in [0.4, 0.5) is 0 Å². The van der Waals surface area contributed by atoms with Gasteiger partial charge in [0.2, 0.25) is 5.91 Å². The fraction of sp³-hybridized carbons (Fsp3) is 0.333. The minimum absolute atomic E-state index is 0.0465. The number of nitrogens with one attached hydrogen (secondary N) is 1. The van der Waals surface area contributed by atoms with E-state index in [0.717, 1.165) is 22.2 Å². The number of fused-ring (bicyclic) bond motifs is 1. The Bertz CT molecular complexity index is 686. The van der Waals surface area contributed by atoms with Crippen LogP contribution in [-0.4, -0.2) is 28.1 Å². The summed E-state index contributed by atoms with van der Waals surface area (Å²) in [6.45, 7) is 6.60. The van der Waals surface area contributed by atoms with Gasteiger partial charge in [-0.3, -0.25) is 4.79 Å². The Labute approximate surface area is 117 Å². The molecular formula is C15H18N2O3. The summed E-state index contributed by atoms with van der Waals surface area (Å²) in [5, 5.41) is 12.7. The van der Waals surface area contributed by atoms with E-state index >= 15 is 0 Å². The number of carbonyl (C=O) groups excluding carboxylic acids is 1. The van der Waals surface area contributed by atoms with Crippen molar-refractivity contribution in [3.05, 3.63) is 35.0 Å². The molecule has 1 heterocycles. The number of aromatic carboxylic acids is 1. The SMILES string of the molecule is CCNC(=O)Cn1c(C)c(C)c2cc(C(=O)O)ccc21. The van der Waals surface area contributed by atoms with E-state index in [9.17, 15) is 9.59 Å². The number of carboxylic acid groups (broad SMARTS) is 1. The van der Waals surface area contributed by atoms with Gasteiger partial charge in [0.25, 0.3) is 0 Å². The number of likely N-dealkylation sites (N-methyl/N-ethyl adjacent to an activating group) is 1. The average molecular weight is 274 g/mol. The Morgan fingerprint density at radius 3 is 2.60 bits per heavy atom. The molecule has 1 amide bonds. The Morgan fingerprint density at radius 1 is 1.30 bits per heavy atom. The minimum atomic E-state index is -0.944. The molecule has 2 aromatic rings. The molecule has 0 aliphatic rings. The molecule has 1 aromatic carbocycles. The molecule has 0 fully saturated rings. The van der Waals surface area contributed by atoms with Crippen molar-refractivity contribution in [2.45, 2.75) is 27.3 Å². The third-order valence-corrected chi connectivity index (χ3v) is 3.56. The number of aromatic nitrogens is 1. The lowest BCUT2D eigenvalue weighted by Crippen LogP contribution is -2.27. The first-order valence-electron chi connectivity index (χ1n) is 6.55. The summed E-state index contributed by atoms with van der Waals surface area (Å²) in [5.41, 5.74) is 3.13. The fourth-order valence-corrected chi connectivity index (χ4v) is 2.38. The van der Waals surface area contributed by atoms with Crippen molar-refractivity contribution in [3.8, 4) is 0 Å². The van der Waals surface area contributed by atoms with Crippen LogP contribution in [0.25, 0.3) is 10.9 Å². The molecule has 2 rings (SSSR count). The molecule has 0 unspecified atom stereocenters. The number of carboxylic acids is 1. The van der Waals surface area contributed by atoms with Crippen LogP contribution in [0.1, 0.15) is 28.5 Å². The first-order valence-corrected chi connectivity index (χ1v) is 6.55. The van der Waals surface area contributed by atoms with Gasteiger partial charge >= 0.3 is 5.97 Å². The van der Waals surface area contributed by atoms with E-state index in [1.807, 2.05) is 25.3 Å². The smallest absolute Gasteiger partial charge is 0.335 e. The second-order valence-corrected chi connectivity index (χ2v) is 4.79. The molecular weight excluding hydrogens is 256 g/mol. The van der Waals surface area contributed by atoms with Crippen LogP contribution in [0.3, 0.4) is 0 Å². The number of carbonyl (C=O) groups is 2. The average Bonchev–Trinajstić information content (AvgIpc) is 2.64. The van der Waals surface area contributed by atoms with Crippen LogP contribution in [0, 0.1) is 13.8 Å². The van der Waals surface area contributed by atoms with Crippen molar-refractivity contribution in [1.82, 2.24) is 9.88 Å². The number of rotatable bonds is 4. The van der Waals surface area contributed by atoms with Crippen LogP contribution in [0.5, 0.6) is 0 Å². The lowest BCUT2D eigenvalue weighted by Gasteiger charge is -2.08. The number of nitrogens with zero attached hydrogens (tertiary/aromatic N) is 1. The number of hydrogen-bond acceptors (Lipinski definition) is 2. The van der Waals surface area contributed by atoms with Gasteiger partial charge in [0.1, 0.15) is 6.54 Å². The first-order chi connectivity index (χ1) is 9.45. The summed E-state index contributed by atoms with van der Waals surface area (Å²) in [5.74, 6) is -0.991. The maximum atomic E-state index is 11.8. The van der Waals surface area contributed by atoms with E-state index in [1.165, 1.54) is 0 Å². The molecule has 5 heteroatoms. The molecule has 0 spiro atoms. The van der Waals surface area contributed by atoms with Crippen LogP contribution in [0.15, 0.2) is 18.2 Å². The monoisotopic (exact) mass is 274 g/mol. The van der Waals surface area contributed by atoms with E-state index in [0.29, 0.717) is 6.54 Å². The summed E-state index contributed by atoms with van der Waals surface area (Å²) < 4.78 is 1.92. The van der Waals surface area contributed by atoms with Gasteiger partial charge in [0.15, 0.2) is 0 Å². The van der Waals surface area contributed by atoms with Gasteiger partial charge in [-0.15, -0.1) is 0 Å². The highest BCUT2D eigenvalue weighted by atomic mass is 16.4. The predicted molar refractivity (Wildman–Crippen MR) is 77.1 cm³/mol. The molecule has 0 aliphatic heterocycles. The molecule has 20 heavy (non-hydrogen) atoms. The highest BCUT2D eigenvalue weighted by molar-refractivity contribution is 5.95. The van der Waals surface area contributed by atoms with Gasteiger partial charge in [-0.25, -0.2) is 4.79 Å². The van der Waals surface area contributed by atoms with Gasteiger partial charge in [-0.05, 0) is 44.5 Å². The van der Waals surface area contributed by atoms with Crippen molar-refractivity contribution in [1.29, 1.82) is 0 Å². The summed E-state index contributed by atoms with van der Waals surface area (Å²) in [4.78, 5) is 22.8. The van der Waals surface area contributed by atoms with E-state index in [2.05, 4.69) is 5.32 Å². The van der Waals surface area contributed by atoms with Crippen molar-refractivity contribution in [3.63, 3.8) is 0 Å². The van der Waals surface area contributed by atoms with E-state index in [-0.39, 0.29) is 18.0 Å². The van der Waals surface area contributed by atoms with Crippen molar-refractivity contribution < 1.29 is 14.7 Å². The van der Waals surface area contributed by atoms with Gasteiger partial charge in [-0.1, -0.05) is 0 Å². The van der Waals surface area contributed by atoms with Crippen LogP contribution >= 0.6 is 0 Å². The number of benzene rings is 1. The van der Waals surface area contributed by atoms with Gasteiger partial charge in [0.05, 0.1) is 5.56 Å². The van der Waals surface area contributed by atoms with Gasteiger partial charge in [-0.2, -0.15) is 0 Å². The zero-order valence-corrected chi connectivity index (χ0v) is 11.9. The van der Waals surface area contributed by atoms with Crippen molar-refractivity contribution in [2.24, 2.45) is 0 Å². The summed E-state index contributed by atoms with van der Waals surface area (Å²) >= 11 is 0. The number of aryl methyl sites for hydroxylation is 1. The Morgan fingerprint density at radius 2 is 2.00 bits per heavy atom. The molecule has 5 nitrogen and oxygen atoms in total. The standard InChI is InChI=1S/C15H18N2O3/c1-4-16-14(18)8-17-10(3)9(2)12-7-11(15(19)20)5-6-13(12)17/h5-7H,4,8H2,1-3H3,(H,16,18)(H,19,20). The van der Waals surface area contributed by atoms with Gasteiger partial charge in [0, 0.05) is 23.1 Å². The largest absolute Gasteiger partial charge is 0.478 e. The van der Waals surface area contributed by atoms with Crippen molar-refractivity contribution >= 4 is 22.8 Å². The lowest BCUT2D eigenvalue weighted by atomic mass is 10.1. The zero-order valence-electron chi connectivity index (χ0n) is 11.9. The first kappa shape index (κ1) is 14.1. The molecule has 0 saturated carbocycles. The molecule has 0 saturated heterocycles. The zero-order chi connectivity index (χ0) is 14.9. The summed E-state index contributed by atoms with van der Waals surface area (Å²) in [7, 11) is 0. The summed E-state index contributed by atoms with van der Waals surface area (Å²) in [6, 6.07) is 4.99. The molecule has 0 aliphatic carbocycles. The maximum Gasteiger partial charge on any atom is 0.335 e. The molecule has 0 bridgehead atoms. The molecule has 1 aromatic heterocycles. The Balaban J connectivity index is 2.53. The quantitative estimate of drug-likeness (QED) is 0.896. The van der Waals surface area contributed by atoms with Crippen LogP contribution in [-0.2, 0) is 11.3 Å². The molecule has 0 atom stereocenters. The number of hydrogen-bond donors (Lipinski definition) is 2. The minimum Gasteiger partial charge on any atom is -0.478 e. The Kier molecular flexibility index (Phi) is 3.79. The second-order valence-electron chi connectivity index (χ2n) is 4.79. The maximum absolute atomic E-state index is 11.8. The third kappa shape index (κ3) is 2.39. The topological polar surface area (TPSA) is 71.3 Å². The Hall–Kier alpha value is -2.30. The fourth-order valence-electron chi connectivity index (χ4n) is 2.38. The van der Waals surface area contributed by atoms with E-state index in [1.54, 1.807) is 18.2 Å². The van der Waals surface area contributed by atoms with E-state index in [4.69, 9.17) is 5.11 Å². The van der Waals surface area contributed by atoms with Crippen molar-refractivity contribution in [2.75, 3.05) is 6.54 Å². The molecule has 2 N–H and O–H groups in total. The van der Waals surface area contributed by atoms with Crippen LogP contribution in [0.2, 0.25) is 0 Å². The number of amides is 1. The normalized spacial score (nSPS) is 10.8. The highest BCUT2D eigenvalue weighted by Crippen LogP contribution is 2.26. The summed E-state index contributed by atoms with van der Waals surface area (Å²) in [6.07, 6.45) is 0. The molecule has 0 radical (unpaired) electrons.